The van der Waals surface area contributed by atoms with Crippen molar-refractivity contribution in [2.24, 2.45) is 11.8 Å². The molecule has 3 aromatic carbocycles. The molecule has 1 aliphatic rings. The molecule has 1 saturated carbocycles. The van der Waals surface area contributed by atoms with Crippen molar-refractivity contribution in [1.82, 2.24) is 10.7 Å². The second-order valence-corrected chi connectivity index (χ2v) is 14.8. The van der Waals surface area contributed by atoms with E-state index < -0.39 is 54.0 Å². The minimum Gasteiger partial charge on any atom is -0.493 e. The van der Waals surface area contributed by atoms with Crippen molar-refractivity contribution in [1.29, 1.82) is 0 Å². The third kappa shape index (κ3) is 16.5. The van der Waals surface area contributed by atoms with Crippen molar-refractivity contribution in [3.8, 4) is 11.5 Å². The molecule has 3 aromatic rings. The topological polar surface area (TPSA) is 205 Å². The van der Waals surface area contributed by atoms with Gasteiger partial charge in [0.2, 0.25) is 5.91 Å². The Morgan fingerprint density at radius 3 is 2.35 bits per heavy atom. The molecule has 14 nitrogen and oxygen atoms in total. The van der Waals surface area contributed by atoms with Crippen LogP contribution >= 0.6 is 0 Å². The Bertz CT molecular complexity index is 2000. The summed E-state index contributed by atoms with van der Waals surface area (Å²) in [4.78, 5) is 42.2. The Balaban J connectivity index is 1.15. The van der Waals surface area contributed by atoms with Crippen LogP contribution < -0.4 is 14.8 Å². The molecule has 0 bridgehead atoms. The van der Waals surface area contributed by atoms with Gasteiger partial charge < -0.3 is 34.8 Å². The number of halogens is 3. The molecule has 0 saturated heterocycles. The Morgan fingerprint density at radius 1 is 0.935 bits per heavy atom. The predicted molar refractivity (Wildman–Crippen MR) is 218 cm³/mol. The monoisotopic (exact) mass is 870 g/mol. The molecule has 17 heteroatoms. The summed E-state index contributed by atoms with van der Waals surface area (Å²) in [5.74, 6) is -2.14. The van der Waals surface area contributed by atoms with E-state index in [2.05, 4.69) is 10.2 Å². The number of alkyl halides is 3. The molecule has 1 aliphatic carbocycles. The number of allylic oxidation sites excluding steroid dienone is 2. The maximum absolute atomic E-state index is 13.0. The fourth-order valence-corrected chi connectivity index (χ4v) is 6.70. The normalized spacial score (nSPS) is 19.0. The second kappa shape index (κ2) is 24.3. The molecule has 1 unspecified atom stereocenters. The van der Waals surface area contributed by atoms with E-state index in [9.17, 15) is 42.9 Å². The van der Waals surface area contributed by atoms with Gasteiger partial charge in [-0.05, 0) is 91.5 Å². The standard InChI is InChI=1S/C45H53F3N2O12/c1-29(44(56)62-40-22-17-31(25-41(40)59-2)18-23-43(55)60-27-32-12-14-33(15-13-32)28-61-50(57)58)49-42(54)11-6-4-3-5-10-36-37(39(53)26-38(36)52)21-20-35(51)19-16-30-8-7-9-34(24-30)45(46,47)48/h3,5,7-9,12-15,17-18,20-25,29,35-39,51-53,57-58H,4,6,10-11,16,19,26-28H2,1-2H3,(H,49,54)/b5-3-,21-20+,23-18+/t29?,35-,36+,37+,38-,39+/m0/s1. The zero-order valence-electron chi connectivity index (χ0n) is 34.3. The lowest BCUT2D eigenvalue weighted by Crippen LogP contribution is -2.40. The van der Waals surface area contributed by atoms with E-state index in [1.54, 1.807) is 48.5 Å². The van der Waals surface area contributed by atoms with Crippen LogP contribution in [0.5, 0.6) is 11.5 Å². The van der Waals surface area contributed by atoms with Gasteiger partial charge >= 0.3 is 18.1 Å². The number of carbonyl (C=O) groups excluding carboxylic acids is 3. The predicted octanol–water partition coefficient (Wildman–Crippen LogP) is 6.42. The summed E-state index contributed by atoms with van der Waals surface area (Å²) in [5, 5.41) is 51.1. The third-order valence-corrected chi connectivity index (χ3v) is 10.1. The number of ether oxygens (including phenoxy) is 3. The molecule has 0 aliphatic heterocycles. The summed E-state index contributed by atoms with van der Waals surface area (Å²) < 4.78 is 55.2. The number of unbranched alkanes of at least 4 members (excludes halogenated alkanes) is 1. The van der Waals surface area contributed by atoms with Crippen LogP contribution in [0.15, 0.2) is 97.1 Å². The van der Waals surface area contributed by atoms with Crippen molar-refractivity contribution in [3.63, 3.8) is 0 Å². The van der Waals surface area contributed by atoms with Gasteiger partial charge in [-0.2, -0.15) is 13.2 Å². The molecule has 1 fully saturated rings. The first kappa shape index (κ1) is 49.3. The largest absolute Gasteiger partial charge is 0.493 e. The quantitative estimate of drug-likeness (QED) is 0.0161. The maximum atomic E-state index is 13.0. The van der Waals surface area contributed by atoms with E-state index in [1.165, 1.54) is 44.4 Å². The fraction of sp³-hybridized carbons (Fsp3) is 0.400. The number of amides is 1. The first-order valence-corrected chi connectivity index (χ1v) is 20.0. The number of hydrogen-bond donors (Lipinski definition) is 6. The van der Waals surface area contributed by atoms with Crippen molar-refractivity contribution < 1.29 is 72.3 Å². The number of aryl methyl sites for hydroxylation is 1. The molecule has 0 aromatic heterocycles. The average molecular weight is 871 g/mol. The molecule has 0 spiro atoms. The van der Waals surface area contributed by atoms with Crippen LogP contribution in [-0.2, 0) is 49.8 Å². The van der Waals surface area contributed by atoms with E-state index in [0.29, 0.717) is 41.5 Å². The number of hydrogen-bond acceptors (Lipinski definition) is 13. The number of nitrogens with zero attached hydrogens (tertiary/aromatic N) is 1. The molecule has 0 radical (unpaired) electrons. The lowest BCUT2D eigenvalue weighted by atomic mass is 9.89. The number of carbonyl (C=O) groups is 3. The van der Waals surface area contributed by atoms with E-state index in [1.807, 2.05) is 12.2 Å². The summed E-state index contributed by atoms with van der Waals surface area (Å²) in [6.07, 6.45) is 4.77. The number of aliphatic hydroxyl groups excluding tert-OH is 3. The molecule has 0 heterocycles. The average Bonchev–Trinajstić information content (AvgIpc) is 3.51. The molecular formula is C45H53F3N2O12. The number of benzene rings is 3. The number of nitrogens with one attached hydrogen (secondary N) is 1. The van der Waals surface area contributed by atoms with Crippen molar-refractivity contribution in [3.05, 3.63) is 125 Å². The highest BCUT2D eigenvalue weighted by atomic mass is 19.4. The van der Waals surface area contributed by atoms with Gasteiger partial charge in [0.05, 0.1) is 43.0 Å². The first-order valence-electron chi connectivity index (χ1n) is 20.0. The smallest absolute Gasteiger partial charge is 0.416 e. The number of aliphatic hydroxyl groups is 3. The van der Waals surface area contributed by atoms with Gasteiger partial charge in [0.25, 0.3) is 0 Å². The van der Waals surface area contributed by atoms with Gasteiger partial charge in [0, 0.05) is 24.8 Å². The summed E-state index contributed by atoms with van der Waals surface area (Å²) in [7, 11) is 1.38. The SMILES string of the molecule is COc1cc(/C=C/C(=O)OCc2ccc(CON(O)O)cc2)ccc1OC(=O)C(C)NC(=O)CCC/C=C\C[C@@H]1[C@@H](/C=C/[C@@H](O)CCc2cccc(C(F)(F)F)c2)[C@H](O)C[C@@H]1O. The molecule has 6 N–H and O–H groups in total. The Hall–Kier alpha value is -5.40. The van der Waals surface area contributed by atoms with Crippen LogP contribution in [-0.4, -0.2) is 80.4 Å². The second-order valence-electron chi connectivity index (χ2n) is 14.8. The van der Waals surface area contributed by atoms with E-state index >= 15 is 0 Å². The van der Waals surface area contributed by atoms with Crippen molar-refractivity contribution in [2.75, 3.05) is 7.11 Å². The first-order chi connectivity index (χ1) is 29.5. The molecule has 6 atom stereocenters. The summed E-state index contributed by atoms with van der Waals surface area (Å²) in [6, 6.07) is 15.4. The van der Waals surface area contributed by atoms with Gasteiger partial charge in [0.1, 0.15) is 12.6 Å². The van der Waals surface area contributed by atoms with Crippen LogP contribution in [0.3, 0.4) is 0 Å². The van der Waals surface area contributed by atoms with Crippen molar-refractivity contribution in [2.45, 2.75) is 95.6 Å². The summed E-state index contributed by atoms with van der Waals surface area (Å²) in [5.41, 5.74) is 1.61. The Kier molecular flexibility index (Phi) is 19.3. The van der Waals surface area contributed by atoms with Crippen LogP contribution in [0.2, 0.25) is 0 Å². The summed E-state index contributed by atoms with van der Waals surface area (Å²) >= 11 is 0. The van der Waals surface area contributed by atoms with Crippen LogP contribution in [0.4, 0.5) is 13.2 Å². The minimum atomic E-state index is -4.45. The van der Waals surface area contributed by atoms with Crippen LogP contribution in [0, 0.1) is 11.8 Å². The minimum absolute atomic E-state index is 0.00251. The van der Waals surface area contributed by atoms with Gasteiger partial charge in [-0.3, -0.25) is 15.2 Å². The lowest BCUT2D eigenvalue weighted by molar-refractivity contribution is -0.497. The molecular weight excluding hydrogens is 817 g/mol. The third-order valence-electron chi connectivity index (χ3n) is 10.1. The molecule has 62 heavy (non-hydrogen) atoms. The zero-order valence-corrected chi connectivity index (χ0v) is 34.3. The van der Waals surface area contributed by atoms with E-state index in [-0.39, 0.29) is 67.6 Å². The van der Waals surface area contributed by atoms with E-state index in [4.69, 9.17) is 24.6 Å². The van der Waals surface area contributed by atoms with Gasteiger partial charge in [-0.1, -0.05) is 72.8 Å². The highest BCUT2D eigenvalue weighted by Crippen LogP contribution is 2.37. The molecule has 336 valence electrons. The van der Waals surface area contributed by atoms with E-state index in [0.717, 1.165) is 12.1 Å². The number of esters is 2. The van der Waals surface area contributed by atoms with Crippen LogP contribution in [0.25, 0.3) is 6.08 Å². The lowest BCUT2D eigenvalue weighted by Gasteiger charge is -2.19. The highest BCUT2D eigenvalue weighted by Gasteiger charge is 2.39. The highest BCUT2D eigenvalue weighted by molar-refractivity contribution is 5.87. The van der Waals surface area contributed by atoms with Gasteiger partial charge in [-0.25, -0.2) is 14.4 Å². The zero-order chi connectivity index (χ0) is 45.2. The summed E-state index contributed by atoms with van der Waals surface area (Å²) in [6.45, 7) is 1.42. The van der Waals surface area contributed by atoms with Gasteiger partial charge in [0.15, 0.2) is 11.5 Å². The van der Waals surface area contributed by atoms with Crippen molar-refractivity contribution >= 4 is 23.9 Å². The molecule has 1 amide bonds. The van der Waals surface area contributed by atoms with Gasteiger partial charge in [-0.15, -0.1) is 0 Å². The molecule has 4 rings (SSSR count). The number of rotatable bonds is 22. The Morgan fingerprint density at radius 2 is 1.66 bits per heavy atom. The number of methoxy groups -OCH3 is 1. The van der Waals surface area contributed by atoms with Crippen LogP contribution in [0.1, 0.15) is 73.3 Å². The maximum Gasteiger partial charge on any atom is 0.416 e. The Labute approximate surface area is 357 Å². The fourth-order valence-electron chi connectivity index (χ4n) is 6.70.